The van der Waals surface area contributed by atoms with Crippen molar-refractivity contribution in [3.8, 4) is 5.75 Å². The van der Waals surface area contributed by atoms with Crippen molar-refractivity contribution < 1.29 is 9.53 Å². The van der Waals surface area contributed by atoms with Crippen LogP contribution in [0.1, 0.15) is 30.0 Å². The average molecular weight is 382 g/mol. The van der Waals surface area contributed by atoms with Crippen LogP contribution in [-0.2, 0) is 11.3 Å². The summed E-state index contributed by atoms with van der Waals surface area (Å²) in [5.41, 5.74) is 2.36. The van der Waals surface area contributed by atoms with Gasteiger partial charge in [-0.05, 0) is 38.6 Å². The molecule has 0 bridgehead atoms. The number of ether oxygens (including phenoxy) is 1. The van der Waals surface area contributed by atoms with Crippen LogP contribution in [0.15, 0.2) is 54.6 Å². The van der Waals surface area contributed by atoms with Gasteiger partial charge in [0.2, 0.25) is 0 Å². The van der Waals surface area contributed by atoms with E-state index in [1.165, 1.54) is 5.56 Å². The van der Waals surface area contributed by atoms with E-state index in [1.807, 2.05) is 29.2 Å². The van der Waals surface area contributed by atoms with E-state index >= 15 is 0 Å². The van der Waals surface area contributed by atoms with Crippen molar-refractivity contribution in [2.75, 3.05) is 40.3 Å². The van der Waals surface area contributed by atoms with E-state index in [9.17, 15) is 4.79 Å². The van der Waals surface area contributed by atoms with Gasteiger partial charge in [0.05, 0.1) is 0 Å². The first-order valence-corrected chi connectivity index (χ1v) is 10.1. The standard InChI is InChI=1S/C23H31N3O2/c1-25(2)21(19-10-4-3-5-11-19)17-24-16-20-12-6-7-13-22(20)28-18-23(27)26-14-8-9-15-26/h3-7,10-13,21,24H,8-9,14-18H2,1-2H3. The minimum Gasteiger partial charge on any atom is -0.483 e. The van der Waals surface area contributed by atoms with Crippen LogP contribution in [0.5, 0.6) is 5.75 Å². The van der Waals surface area contributed by atoms with E-state index in [0.717, 1.165) is 43.8 Å². The highest BCUT2D eigenvalue weighted by Crippen LogP contribution is 2.20. The number of nitrogens with zero attached hydrogens (tertiary/aromatic N) is 2. The maximum atomic E-state index is 12.2. The molecule has 1 atom stereocenters. The lowest BCUT2D eigenvalue weighted by molar-refractivity contribution is -0.132. The van der Waals surface area contributed by atoms with Crippen molar-refractivity contribution in [1.29, 1.82) is 0 Å². The van der Waals surface area contributed by atoms with Gasteiger partial charge in [-0.15, -0.1) is 0 Å². The Kier molecular flexibility index (Phi) is 7.46. The van der Waals surface area contributed by atoms with Gasteiger partial charge in [0, 0.05) is 37.8 Å². The zero-order valence-corrected chi connectivity index (χ0v) is 16.9. The number of likely N-dealkylation sites (N-methyl/N-ethyl adjacent to an activating group) is 1. The lowest BCUT2D eigenvalue weighted by Gasteiger charge is -2.25. The number of rotatable bonds is 9. The molecule has 2 aromatic carbocycles. The smallest absolute Gasteiger partial charge is 0.260 e. The third-order valence-electron chi connectivity index (χ3n) is 5.24. The first-order valence-electron chi connectivity index (χ1n) is 10.1. The molecule has 1 aliphatic heterocycles. The van der Waals surface area contributed by atoms with Gasteiger partial charge in [-0.25, -0.2) is 0 Å². The second kappa shape index (κ2) is 10.2. The maximum Gasteiger partial charge on any atom is 0.260 e. The van der Waals surface area contributed by atoms with Crippen molar-refractivity contribution >= 4 is 5.91 Å². The van der Waals surface area contributed by atoms with Crippen LogP contribution in [0.3, 0.4) is 0 Å². The number of para-hydroxylation sites is 1. The highest BCUT2D eigenvalue weighted by Gasteiger charge is 2.19. The summed E-state index contributed by atoms with van der Waals surface area (Å²) < 4.78 is 5.86. The minimum absolute atomic E-state index is 0.0806. The monoisotopic (exact) mass is 381 g/mol. The summed E-state index contributed by atoms with van der Waals surface area (Å²) in [6.45, 7) is 3.36. The SMILES string of the molecule is CN(C)C(CNCc1ccccc1OCC(=O)N1CCCC1)c1ccccc1. The number of carbonyl (C=O) groups is 1. The molecule has 0 spiro atoms. The van der Waals surface area contributed by atoms with Crippen molar-refractivity contribution in [2.24, 2.45) is 0 Å². The lowest BCUT2D eigenvalue weighted by atomic mass is 10.1. The van der Waals surface area contributed by atoms with Crippen LogP contribution < -0.4 is 10.1 Å². The molecule has 1 N–H and O–H groups in total. The van der Waals surface area contributed by atoms with E-state index in [1.54, 1.807) is 0 Å². The Hall–Kier alpha value is -2.37. The fourth-order valence-electron chi connectivity index (χ4n) is 3.61. The first-order chi connectivity index (χ1) is 13.6. The summed E-state index contributed by atoms with van der Waals surface area (Å²) in [6.07, 6.45) is 2.20. The van der Waals surface area contributed by atoms with Crippen molar-refractivity contribution in [3.05, 3.63) is 65.7 Å². The maximum absolute atomic E-state index is 12.2. The van der Waals surface area contributed by atoms with Gasteiger partial charge in [-0.2, -0.15) is 0 Å². The molecule has 0 aliphatic carbocycles. The molecule has 0 saturated carbocycles. The molecule has 1 unspecified atom stereocenters. The Morgan fingerprint density at radius 2 is 1.75 bits per heavy atom. The molecule has 5 heteroatoms. The Balaban J connectivity index is 1.54. The zero-order chi connectivity index (χ0) is 19.8. The molecule has 1 saturated heterocycles. The fraction of sp³-hybridized carbons (Fsp3) is 0.435. The van der Waals surface area contributed by atoms with Gasteiger partial charge in [-0.3, -0.25) is 4.79 Å². The number of hydrogen-bond donors (Lipinski definition) is 1. The third kappa shape index (κ3) is 5.57. The van der Waals surface area contributed by atoms with Crippen LogP contribution >= 0.6 is 0 Å². The topological polar surface area (TPSA) is 44.8 Å². The van der Waals surface area contributed by atoms with Gasteiger partial charge < -0.3 is 19.9 Å². The molecule has 1 aliphatic rings. The highest BCUT2D eigenvalue weighted by molar-refractivity contribution is 5.78. The number of benzene rings is 2. The third-order valence-corrected chi connectivity index (χ3v) is 5.24. The largest absolute Gasteiger partial charge is 0.483 e. The lowest BCUT2D eigenvalue weighted by Crippen LogP contribution is -2.32. The molecule has 1 fully saturated rings. The van der Waals surface area contributed by atoms with Gasteiger partial charge >= 0.3 is 0 Å². The van der Waals surface area contributed by atoms with E-state index in [4.69, 9.17) is 4.74 Å². The van der Waals surface area contributed by atoms with E-state index in [-0.39, 0.29) is 12.5 Å². The molecule has 28 heavy (non-hydrogen) atoms. The Morgan fingerprint density at radius 3 is 2.46 bits per heavy atom. The van der Waals surface area contributed by atoms with Gasteiger partial charge in [0.25, 0.3) is 5.91 Å². The first kappa shape index (κ1) is 20.4. The van der Waals surface area contributed by atoms with E-state index in [0.29, 0.717) is 12.6 Å². The molecular weight excluding hydrogens is 350 g/mol. The summed E-state index contributed by atoms with van der Waals surface area (Å²) >= 11 is 0. The Morgan fingerprint density at radius 1 is 1.07 bits per heavy atom. The van der Waals surface area contributed by atoms with Crippen LogP contribution in [0, 0.1) is 0 Å². The Labute approximate surface area is 168 Å². The molecule has 1 heterocycles. The van der Waals surface area contributed by atoms with Crippen LogP contribution in [-0.4, -0.2) is 56.0 Å². The quantitative estimate of drug-likeness (QED) is 0.725. The number of amides is 1. The van der Waals surface area contributed by atoms with Gasteiger partial charge in [0.1, 0.15) is 5.75 Å². The van der Waals surface area contributed by atoms with Crippen molar-refractivity contribution in [3.63, 3.8) is 0 Å². The van der Waals surface area contributed by atoms with E-state index in [2.05, 4.69) is 54.6 Å². The zero-order valence-electron chi connectivity index (χ0n) is 16.9. The predicted molar refractivity (Wildman–Crippen MR) is 112 cm³/mol. The predicted octanol–water partition coefficient (Wildman–Crippen LogP) is 3.08. The molecule has 0 aromatic heterocycles. The minimum atomic E-state index is 0.0806. The molecule has 0 radical (unpaired) electrons. The van der Waals surface area contributed by atoms with Gasteiger partial charge in [-0.1, -0.05) is 48.5 Å². The highest BCUT2D eigenvalue weighted by atomic mass is 16.5. The van der Waals surface area contributed by atoms with E-state index < -0.39 is 0 Å². The molecule has 5 nitrogen and oxygen atoms in total. The molecule has 1 amide bonds. The summed E-state index contributed by atoms with van der Waals surface area (Å²) in [6, 6.07) is 18.8. The van der Waals surface area contributed by atoms with Crippen LogP contribution in [0.2, 0.25) is 0 Å². The Bertz CT molecular complexity index is 743. The van der Waals surface area contributed by atoms with Crippen molar-refractivity contribution in [2.45, 2.75) is 25.4 Å². The van der Waals surface area contributed by atoms with Crippen molar-refractivity contribution in [1.82, 2.24) is 15.1 Å². The normalized spacial score (nSPS) is 15.0. The number of carbonyl (C=O) groups excluding carboxylic acids is 1. The second-order valence-corrected chi connectivity index (χ2v) is 7.51. The summed E-state index contributed by atoms with van der Waals surface area (Å²) in [5, 5.41) is 3.55. The summed E-state index contributed by atoms with van der Waals surface area (Å²) in [7, 11) is 4.20. The molecular formula is C23H31N3O2. The second-order valence-electron chi connectivity index (χ2n) is 7.51. The summed E-state index contributed by atoms with van der Waals surface area (Å²) in [4.78, 5) is 16.4. The summed E-state index contributed by atoms with van der Waals surface area (Å²) in [5.74, 6) is 0.862. The average Bonchev–Trinajstić information content (AvgIpc) is 3.25. The van der Waals surface area contributed by atoms with Crippen LogP contribution in [0.25, 0.3) is 0 Å². The number of likely N-dealkylation sites (tertiary alicyclic amines) is 1. The fourth-order valence-corrected chi connectivity index (χ4v) is 3.61. The molecule has 3 rings (SSSR count). The van der Waals surface area contributed by atoms with Crippen LogP contribution in [0.4, 0.5) is 0 Å². The molecule has 150 valence electrons. The number of nitrogens with one attached hydrogen (secondary N) is 1. The number of hydrogen-bond acceptors (Lipinski definition) is 4. The van der Waals surface area contributed by atoms with Gasteiger partial charge in [0.15, 0.2) is 6.61 Å². The molecule has 2 aromatic rings.